The van der Waals surface area contributed by atoms with Crippen LogP contribution < -0.4 is 5.32 Å². The number of amides is 2. The zero-order valence-electron chi connectivity index (χ0n) is 22.1. The minimum atomic E-state index is -4.54. The molecule has 0 bridgehead atoms. The van der Waals surface area contributed by atoms with Crippen molar-refractivity contribution in [1.29, 1.82) is 0 Å². The van der Waals surface area contributed by atoms with Gasteiger partial charge in [-0.2, -0.15) is 4.31 Å². The van der Waals surface area contributed by atoms with Crippen LogP contribution in [-0.2, 0) is 19.6 Å². The molecule has 0 saturated carbocycles. The lowest BCUT2D eigenvalue weighted by molar-refractivity contribution is -0.138. The summed E-state index contributed by atoms with van der Waals surface area (Å²) in [6.07, 6.45) is 3.49. The van der Waals surface area contributed by atoms with Crippen LogP contribution >= 0.6 is 0 Å². The van der Waals surface area contributed by atoms with Gasteiger partial charge in [0.15, 0.2) is 5.78 Å². The second-order valence-corrected chi connectivity index (χ2v) is 12.2. The number of nitrogens with one attached hydrogen (secondary N) is 1. The van der Waals surface area contributed by atoms with E-state index in [1.54, 1.807) is 36.5 Å². The molecule has 5 rings (SSSR count). The van der Waals surface area contributed by atoms with E-state index in [1.807, 2.05) is 19.9 Å². The number of sulfonamides is 1. The van der Waals surface area contributed by atoms with Gasteiger partial charge in [-0.05, 0) is 55.2 Å². The van der Waals surface area contributed by atoms with Crippen molar-refractivity contribution in [2.45, 2.75) is 44.8 Å². The zero-order chi connectivity index (χ0) is 28.6. The van der Waals surface area contributed by atoms with Crippen LogP contribution in [0.5, 0.6) is 0 Å². The highest BCUT2D eigenvalue weighted by molar-refractivity contribution is 8.04. The highest BCUT2D eigenvalue weighted by Gasteiger charge is 2.55. The number of rotatable bonds is 7. The fraction of sp³-hybridized carbons (Fsp3) is 0.357. The minimum Gasteiger partial charge on any atom is -0.340 e. The summed E-state index contributed by atoms with van der Waals surface area (Å²) in [5.74, 6) is -1.32. The SMILES string of the molecule is CC(C)CC(NC(=O)c1ccc2ncccc2c1)C(=O)N1CCC2C1C(=O)CN2S(=O)(=O)C(=O)c1ccccn1. The predicted molar refractivity (Wildman–Crippen MR) is 146 cm³/mol. The van der Waals surface area contributed by atoms with Crippen LogP contribution in [0.4, 0.5) is 0 Å². The monoisotopic (exact) mass is 563 g/mol. The van der Waals surface area contributed by atoms with Crippen molar-refractivity contribution in [2.24, 2.45) is 5.92 Å². The van der Waals surface area contributed by atoms with Crippen molar-refractivity contribution in [2.75, 3.05) is 13.1 Å². The first kappa shape index (κ1) is 27.5. The summed E-state index contributed by atoms with van der Waals surface area (Å²) in [6.45, 7) is 3.44. The Kier molecular flexibility index (Phi) is 7.47. The number of ketones is 1. The van der Waals surface area contributed by atoms with Crippen molar-refractivity contribution in [3.8, 4) is 0 Å². The van der Waals surface area contributed by atoms with Gasteiger partial charge in [0.1, 0.15) is 17.8 Å². The summed E-state index contributed by atoms with van der Waals surface area (Å²) in [4.78, 5) is 62.3. The minimum absolute atomic E-state index is 0.0422. The topological polar surface area (TPSA) is 147 Å². The Morgan fingerprint density at radius 1 is 1.05 bits per heavy atom. The predicted octanol–water partition coefficient (Wildman–Crippen LogP) is 1.80. The number of hydrogen-bond acceptors (Lipinski definition) is 8. The molecule has 1 N–H and O–H groups in total. The third-order valence-corrected chi connectivity index (χ3v) is 8.95. The molecule has 2 fully saturated rings. The number of likely N-dealkylation sites (tertiary alicyclic amines) is 1. The third-order valence-electron chi connectivity index (χ3n) is 7.25. The average molecular weight is 564 g/mol. The van der Waals surface area contributed by atoms with Crippen molar-refractivity contribution in [3.05, 3.63) is 72.2 Å². The zero-order valence-corrected chi connectivity index (χ0v) is 22.9. The van der Waals surface area contributed by atoms with Crippen LogP contribution in [0.3, 0.4) is 0 Å². The van der Waals surface area contributed by atoms with Crippen molar-refractivity contribution in [3.63, 3.8) is 0 Å². The van der Waals surface area contributed by atoms with Crippen LogP contribution in [0.25, 0.3) is 10.9 Å². The molecular weight excluding hydrogens is 534 g/mol. The molecule has 2 aliphatic rings. The van der Waals surface area contributed by atoms with Crippen LogP contribution in [-0.4, -0.2) is 81.5 Å². The van der Waals surface area contributed by atoms with Gasteiger partial charge >= 0.3 is 5.12 Å². The first-order chi connectivity index (χ1) is 19.1. The molecule has 2 aliphatic heterocycles. The highest BCUT2D eigenvalue weighted by atomic mass is 32.2. The number of aromatic nitrogens is 2. The standard InChI is InChI=1S/C28H29N5O6S/c1-17(2)14-22(31-26(35)19-8-9-20-18(15-19)6-5-12-29-20)27(36)32-13-10-23-25(32)24(34)16-33(23)40(38,39)28(37)21-7-3-4-11-30-21/h3-9,11-12,15,17,22-23,25H,10,13-14,16H2,1-2H3,(H,31,35). The summed E-state index contributed by atoms with van der Waals surface area (Å²) in [5.41, 5.74) is 0.856. The lowest BCUT2D eigenvalue weighted by Crippen LogP contribution is -2.53. The second-order valence-electron chi connectivity index (χ2n) is 10.4. The van der Waals surface area contributed by atoms with Crippen LogP contribution in [0.15, 0.2) is 60.9 Å². The van der Waals surface area contributed by atoms with E-state index in [0.717, 1.165) is 15.2 Å². The number of benzene rings is 1. The molecule has 4 heterocycles. The van der Waals surface area contributed by atoms with E-state index in [-0.39, 0.29) is 24.6 Å². The summed E-state index contributed by atoms with van der Waals surface area (Å²) in [5, 5.41) is 2.41. The number of Topliss-reactive ketones (excluding diaryl/α,β-unsaturated/α-hetero) is 1. The maximum absolute atomic E-state index is 13.8. The van der Waals surface area contributed by atoms with Crippen molar-refractivity contribution in [1.82, 2.24) is 24.5 Å². The normalized spacial score (nSPS) is 20.1. The lowest BCUT2D eigenvalue weighted by Gasteiger charge is -2.29. The van der Waals surface area contributed by atoms with E-state index in [0.29, 0.717) is 12.0 Å². The van der Waals surface area contributed by atoms with E-state index in [9.17, 15) is 27.6 Å². The molecule has 3 unspecified atom stereocenters. The summed E-state index contributed by atoms with van der Waals surface area (Å²) < 4.78 is 27.3. The summed E-state index contributed by atoms with van der Waals surface area (Å²) in [6, 6.07) is 10.2. The maximum atomic E-state index is 13.8. The largest absolute Gasteiger partial charge is 0.340 e. The Morgan fingerprint density at radius 2 is 1.82 bits per heavy atom. The summed E-state index contributed by atoms with van der Waals surface area (Å²) in [7, 11) is -4.54. The number of hydrogen-bond donors (Lipinski definition) is 1. The Hall–Kier alpha value is -4.03. The van der Waals surface area contributed by atoms with Gasteiger partial charge in [-0.1, -0.05) is 26.0 Å². The van der Waals surface area contributed by atoms with Gasteiger partial charge in [-0.25, -0.2) is 8.42 Å². The smallest absolute Gasteiger partial charge is 0.310 e. The quantitative estimate of drug-likeness (QED) is 0.458. The second kappa shape index (κ2) is 10.9. The molecule has 0 aliphatic carbocycles. The summed E-state index contributed by atoms with van der Waals surface area (Å²) >= 11 is 0. The number of fused-ring (bicyclic) bond motifs is 2. The molecule has 0 radical (unpaired) electrons. The molecule has 3 atom stereocenters. The maximum Gasteiger partial charge on any atom is 0.310 e. The molecule has 208 valence electrons. The van der Waals surface area contributed by atoms with E-state index in [2.05, 4.69) is 15.3 Å². The van der Waals surface area contributed by atoms with E-state index in [4.69, 9.17) is 0 Å². The molecule has 40 heavy (non-hydrogen) atoms. The fourth-order valence-corrected chi connectivity index (χ4v) is 6.89. The molecule has 2 amide bonds. The Balaban J connectivity index is 1.35. The number of carbonyl (C=O) groups excluding carboxylic acids is 4. The number of nitrogens with zero attached hydrogens (tertiary/aromatic N) is 4. The van der Waals surface area contributed by atoms with Crippen LogP contribution in [0, 0.1) is 5.92 Å². The van der Waals surface area contributed by atoms with Gasteiger partial charge < -0.3 is 10.2 Å². The van der Waals surface area contributed by atoms with Crippen LogP contribution in [0.2, 0.25) is 0 Å². The molecule has 3 aromatic rings. The van der Waals surface area contributed by atoms with Gasteiger partial charge in [0.25, 0.3) is 15.9 Å². The highest BCUT2D eigenvalue weighted by Crippen LogP contribution is 2.33. The van der Waals surface area contributed by atoms with Gasteiger partial charge in [0.2, 0.25) is 5.91 Å². The van der Waals surface area contributed by atoms with Crippen molar-refractivity contribution >= 4 is 43.6 Å². The molecular formula is C28H29N5O6S. The Bertz CT molecular complexity index is 1590. The average Bonchev–Trinajstić information content (AvgIpc) is 3.53. The molecule has 12 heteroatoms. The van der Waals surface area contributed by atoms with Crippen LogP contribution in [0.1, 0.15) is 47.5 Å². The lowest BCUT2D eigenvalue weighted by atomic mass is 10.0. The van der Waals surface area contributed by atoms with Gasteiger partial charge in [-0.3, -0.25) is 29.1 Å². The van der Waals surface area contributed by atoms with E-state index >= 15 is 0 Å². The molecule has 0 spiro atoms. The third kappa shape index (κ3) is 5.11. The fourth-order valence-electron chi connectivity index (χ4n) is 5.41. The molecule has 11 nitrogen and oxygen atoms in total. The number of pyridine rings is 2. The number of carbonyl (C=O) groups is 4. The molecule has 2 saturated heterocycles. The van der Waals surface area contributed by atoms with Gasteiger partial charge in [0.05, 0.1) is 18.1 Å². The van der Waals surface area contributed by atoms with Gasteiger partial charge in [0, 0.05) is 29.9 Å². The van der Waals surface area contributed by atoms with Crippen molar-refractivity contribution < 1.29 is 27.6 Å². The van der Waals surface area contributed by atoms with E-state index < -0.39 is 57.4 Å². The first-order valence-corrected chi connectivity index (χ1v) is 14.5. The Labute approximate surface area is 231 Å². The Morgan fingerprint density at radius 3 is 2.55 bits per heavy atom. The first-order valence-electron chi connectivity index (χ1n) is 13.0. The van der Waals surface area contributed by atoms with E-state index in [1.165, 1.54) is 23.2 Å². The van der Waals surface area contributed by atoms with Gasteiger partial charge in [-0.15, -0.1) is 0 Å². The molecule has 1 aromatic carbocycles. The molecule has 2 aromatic heterocycles.